The monoisotopic (exact) mass is 285 g/mol. The van der Waals surface area contributed by atoms with E-state index >= 15 is 0 Å². The Bertz CT molecular complexity index is 736. The van der Waals surface area contributed by atoms with E-state index in [2.05, 4.69) is 22.5 Å². The number of rotatable bonds is 4. The van der Waals surface area contributed by atoms with Gasteiger partial charge in [0.05, 0.1) is 6.61 Å². The molecular formula is C16H15NO2S. The number of benzene rings is 1. The highest BCUT2D eigenvalue weighted by atomic mass is 32.1. The lowest BCUT2D eigenvalue weighted by Gasteiger charge is -2.09. The number of hydrogen-bond donors (Lipinski definition) is 1. The summed E-state index contributed by atoms with van der Waals surface area (Å²) in [5.41, 5.74) is 2.63. The van der Waals surface area contributed by atoms with Gasteiger partial charge >= 0.3 is 0 Å². The van der Waals surface area contributed by atoms with Crippen LogP contribution in [0, 0.1) is 6.92 Å². The minimum absolute atomic E-state index is 0.110. The predicted molar refractivity (Wildman–Crippen MR) is 81.1 cm³/mol. The molecule has 1 aromatic carbocycles. The molecule has 0 radical (unpaired) electrons. The van der Waals surface area contributed by atoms with Gasteiger partial charge in [-0.15, -0.1) is 11.3 Å². The van der Waals surface area contributed by atoms with Crippen LogP contribution in [0.2, 0.25) is 0 Å². The van der Waals surface area contributed by atoms with Gasteiger partial charge in [-0.3, -0.25) is 4.98 Å². The first-order valence-corrected chi connectivity index (χ1v) is 7.31. The smallest absolute Gasteiger partial charge is 0.143 e. The summed E-state index contributed by atoms with van der Waals surface area (Å²) in [7, 11) is 0. The molecule has 2 heterocycles. The van der Waals surface area contributed by atoms with E-state index in [4.69, 9.17) is 4.74 Å². The lowest BCUT2D eigenvalue weighted by atomic mass is 10.2. The highest BCUT2D eigenvalue weighted by Gasteiger charge is 2.08. The molecule has 3 nitrogen and oxygen atoms in total. The molecule has 0 bridgehead atoms. The molecule has 20 heavy (non-hydrogen) atoms. The fraction of sp³-hybridized carbons (Fsp3) is 0.188. The van der Waals surface area contributed by atoms with E-state index in [1.54, 1.807) is 11.3 Å². The molecule has 0 unspecified atom stereocenters. The van der Waals surface area contributed by atoms with Crippen molar-refractivity contribution in [3.63, 3.8) is 0 Å². The topological polar surface area (TPSA) is 42.4 Å². The van der Waals surface area contributed by atoms with Crippen LogP contribution >= 0.6 is 11.3 Å². The maximum atomic E-state index is 9.33. The van der Waals surface area contributed by atoms with Gasteiger partial charge < -0.3 is 9.84 Å². The molecular weight excluding hydrogens is 270 g/mol. The molecule has 0 saturated carbocycles. The largest absolute Gasteiger partial charge is 0.487 e. The lowest BCUT2D eigenvalue weighted by molar-refractivity contribution is 0.253. The van der Waals surface area contributed by atoms with Crippen molar-refractivity contribution in [1.29, 1.82) is 0 Å². The molecule has 0 aliphatic carbocycles. The SMILES string of the molecule is Cc1ccc(OCc2csc3ccccc23)c(CO)n1. The molecule has 0 aliphatic rings. The Morgan fingerprint density at radius 2 is 2.05 bits per heavy atom. The molecule has 102 valence electrons. The Morgan fingerprint density at radius 3 is 2.90 bits per heavy atom. The van der Waals surface area contributed by atoms with Crippen LogP contribution in [-0.2, 0) is 13.2 Å². The molecule has 3 rings (SSSR count). The summed E-state index contributed by atoms with van der Waals surface area (Å²) in [5.74, 6) is 0.647. The zero-order valence-corrected chi connectivity index (χ0v) is 12.0. The van der Waals surface area contributed by atoms with Crippen molar-refractivity contribution in [2.75, 3.05) is 0 Å². The molecule has 1 N–H and O–H groups in total. The molecule has 0 aliphatic heterocycles. The van der Waals surface area contributed by atoms with Crippen LogP contribution in [0.1, 0.15) is 17.0 Å². The van der Waals surface area contributed by atoms with Crippen molar-refractivity contribution in [2.45, 2.75) is 20.1 Å². The summed E-state index contributed by atoms with van der Waals surface area (Å²) in [5, 5.41) is 12.7. The van der Waals surface area contributed by atoms with Gasteiger partial charge in [0.1, 0.15) is 18.1 Å². The second-order valence-electron chi connectivity index (χ2n) is 4.60. The van der Waals surface area contributed by atoms with Crippen LogP contribution in [0.5, 0.6) is 5.75 Å². The van der Waals surface area contributed by atoms with Crippen molar-refractivity contribution in [3.05, 3.63) is 58.7 Å². The third-order valence-corrected chi connectivity index (χ3v) is 4.18. The van der Waals surface area contributed by atoms with Gasteiger partial charge in [0.2, 0.25) is 0 Å². The normalized spacial score (nSPS) is 10.9. The second-order valence-corrected chi connectivity index (χ2v) is 5.51. The number of aliphatic hydroxyl groups is 1. The second kappa shape index (κ2) is 5.61. The lowest BCUT2D eigenvalue weighted by Crippen LogP contribution is -2.01. The zero-order chi connectivity index (χ0) is 13.9. The first-order chi connectivity index (χ1) is 9.78. The number of pyridine rings is 1. The van der Waals surface area contributed by atoms with E-state index in [1.807, 2.05) is 31.2 Å². The Morgan fingerprint density at radius 1 is 1.20 bits per heavy atom. The highest BCUT2D eigenvalue weighted by Crippen LogP contribution is 2.27. The molecule has 4 heteroatoms. The van der Waals surface area contributed by atoms with Crippen molar-refractivity contribution >= 4 is 21.4 Å². The summed E-state index contributed by atoms with van der Waals surface area (Å²) in [6, 6.07) is 12.0. The Kier molecular flexibility index (Phi) is 3.67. The maximum absolute atomic E-state index is 9.33. The summed E-state index contributed by atoms with van der Waals surface area (Å²) in [6.07, 6.45) is 0. The van der Waals surface area contributed by atoms with E-state index < -0.39 is 0 Å². The Labute approximate surface area is 121 Å². The average molecular weight is 285 g/mol. The zero-order valence-electron chi connectivity index (χ0n) is 11.2. The maximum Gasteiger partial charge on any atom is 0.143 e. The first-order valence-electron chi connectivity index (χ1n) is 6.43. The van der Waals surface area contributed by atoms with Crippen molar-refractivity contribution < 1.29 is 9.84 Å². The van der Waals surface area contributed by atoms with Crippen molar-refractivity contribution in [3.8, 4) is 5.75 Å². The van der Waals surface area contributed by atoms with Crippen molar-refractivity contribution in [1.82, 2.24) is 4.98 Å². The Balaban J connectivity index is 1.83. The molecule has 0 fully saturated rings. The van der Waals surface area contributed by atoms with Crippen LogP contribution in [0.15, 0.2) is 41.8 Å². The van der Waals surface area contributed by atoms with Crippen molar-refractivity contribution in [2.24, 2.45) is 0 Å². The van der Waals surface area contributed by atoms with Gasteiger partial charge in [-0.05, 0) is 35.9 Å². The van der Waals surface area contributed by atoms with Gasteiger partial charge in [-0.25, -0.2) is 0 Å². The molecule has 0 atom stereocenters. The first kappa shape index (κ1) is 13.1. The number of nitrogens with zero attached hydrogens (tertiary/aromatic N) is 1. The van der Waals surface area contributed by atoms with Crippen LogP contribution in [0.25, 0.3) is 10.1 Å². The van der Waals surface area contributed by atoms with E-state index in [-0.39, 0.29) is 6.61 Å². The van der Waals surface area contributed by atoms with E-state index in [0.29, 0.717) is 18.1 Å². The number of ether oxygens (including phenoxy) is 1. The van der Waals surface area contributed by atoms with Crippen LogP contribution in [-0.4, -0.2) is 10.1 Å². The summed E-state index contributed by atoms with van der Waals surface area (Å²) < 4.78 is 7.08. The summed E-state index contributed by atoms with van der Waals surface area (Å²) in [4.78, 5) is 4.28. The fourth-order valence-electron chi connectivity index (χ4n) is 2.14. The van der Waals surface area contributed by atoms with Gasteiger partial charge in [0.15, 0.2) is 0 Å². The van der Waals surface area contributed by atoms with Gasteiger partial charge in [-0.2, -0.15) is 0 Å². The van der Waals surface area contributed by atoms with Gasteiger partial charge in [0, 0.05) is 16.0 Å². The fourth-order valence-corrected chi connectivity index (χ4v) is 3.09. The summed E-state index contributed by atoms with van der Waals surface area (Å²) >= 11 is 1.72. The van der Waals surface area contributed by atoms with Crippen LogP contribution < -0.4 is 4.74 Å². The number of aryl methyl sites for hydroxylation is 1. The molecule has 3 aromatic rings. The van der Waals surface area contributed by atoms with Crippen LogP contribution in [0.3, 0.4) is 0 Å². The van der Waals surface area contributed by atoms with E-state index in [9.17, 15) is 5.11 Å². The average Bonchev–Trinajstić information content (AvgIpc) is 2.89. The number of thiophene rings is 1. The third-order valence-electron chi connectivity index (χ3n) is 3.17. The summed E-state index contributed by atoms with van der Waals surface area (Å²) in [6.45, 7) is 2.28. The Hall–Kier alpha value is -1.91. The number of fused-ring (bicyclic) bond motifs is 1. The molecule has 0 amide bonds. The number of hydrogen-bond acceptors (Lipinski definition) is 4. The number of aromatic nitrogens is 1. The predicted octanol–water partition coefficient (Wildman–Crippen LogP) is 3.68. The number of aliphatic hydroxyl groups excluding tert-OH is 1. The van der Waals surface area contributed by atoms with Crippen LogP contribution in [0.4, 0.5) is 0 Å². The molecule has 2 aromatic heterocycles. The van der Waals surface area contributed by atoms with E-state index in [1.165, 1.54) is 10.1 Å². The van der Waals surface area contributed by atoms with Gasteiger partial charge in [-0.1, -0.05) is 18.2 Å². The highest BCUT2D eigenvalue weighted by molar-refractivity contribution is 7.17. The quantitative estimate of drug-likeness (QED) is 0.795. The minimum Gasteiger partial charge on any atom is -0.487 e. The third kappa shape index (κ3) is 2.53. The standard InChI is InChI=1S/C16H15NO2S/c1-11-6-7-15(14(8-18)17-11)19-9-12-10-20-16-5-3-2-4-13(12)16/h2-7,10,18H,8-9H2,1H3. The van der Waals surface area contributed by atoms with Gasteiger partial charge in [0.25, 0.3) is 0 Å². The van der Waals surface area contributed by atoms with E-state index in [0.717, 1.165) is 11.3 Å². The molecule has 0 spiro atoms. The molecule has 0 saturated heterocycles. The minimum atomic E-state index is -0.110.